The topological polar surface area (TPSA) is 47.6 Å². The molecular weight excluding hydrogens is 480 g/mol. The lowest BCUT2D eigenvalue weighted by Crippen LogP contribution is -2.65. The number of nitrogens with zero attached hydrogens (tertiary/aromatic N) is 1. The maximum absolute atomic E-state index is 12.9. The number of para-hydroxylation sites is 1. The van der Waals surface area contributed by atoms with Crippen molar-refractivity contribution in [2.75, 3.05) is 38.1 Å². The molecule has 0 atom stereocenters. The number of carbonyl (C=O) groups is 1. The van der Waals surface area contributed by atoms with Gasteiger partial charge in [0.15, 0.2) is 0 Å². The molecule has 0 saturated carbocycles. The van der Waals surface area contributed by atoms with Crippen LogP contribution in [-0.4, -0.2) is 49.0 Å². The molecule has 7 heteroatoms. The number of thiophene rings is 1. The minimum atomic E-state index is -0.355. The molecule has 3 aliphatic heterocycles. The molecule has 0 aliphatic carbocycles. The van der Waals surface area contributed by atoms with Gasteiger partial charge >= 0.3 is 6.09 Å². The Hall–Kier alpha value is -2.54. The second-order valence-corrected chi connectivity index (χ2v) is 11.1. The van der Waals surface area contributed by atoms with Crippen molar-refractivity contribution in [3.8, 4) is 16.2 Å². The molecule has 3 aromatic rings. The van der Waals surface area contributed by atoms with Crippen molar-refractivity contribution in [2.45, 2.75) is 37.7 Å². The zero-order valence-corrected chi connectivity index (χ0v) is 21.5. The van der Waals surface area contributed by atoms with Crippen molar-refractivity contribution < 1.29 is 18.8 Å². The number of ether oxygens (including phenoxy) is 2. The normalized spacial score (nSPS) is 23.1. The standard InChI is InChI=1S/C28H31ClN2O3S/c29-23-8-6-7-22(21-23)26-25(11-20-35-26)30-27(32)34-28-12-16-31(17-13-28,18-14-28)15-4-5-19-33-24-9-2-1-3-10-24/h1-3,6-11,20-21H,4-5,12-19H2/p+1. The van der Waals surface area contributed by atoms with E-state index in [1.54, 1.807) is 11.3 Å². The number of carbonyl (C=O) groups excluding carboxylic acids is 1. The summed E-state index contributed by atoms with van der Waals surface area (Å²) in [4.78, 5) is 13.9. The van der Waals surface area contributed by atoms with E-state index in [0.29, 0.717) is 5.02 Å². The number of hydrogen-bond donors (Lipinski definition) is 1. The number of unbranched alkanes of at least 4 members (excludes halogenated alkanes) is 1. The van der Waals surface area contributed by atoms with E-state index >= 15 is 0 Å². The Kier molecular flexibility index (Phi) is 7.32. The summed E-state index contributed by atoms with van der Waals surface area (Å²) in [5.41, 5.74) is 1.44. The van der Waals surface area contributed by atoms with Crippen LogP contribution in [0, 0.1) is 0 Å². The summed E-state index contributed by atoms with van der Waals surface area (Å²) in [6.07, 6.45) is 4.68. The number of halogens is 1. The van der Waals surface area contributed by atoms with Crippen LogP contribution < -0.4 is 10.1 Å². The van der Waals surface area contributed by atoms with Crippen molar-refractivity contribution in [2.24, 2.45) is 0 Å². The molecule has 0 unspecified atom stereocenters. The number of benzene rings is 2. The molecule has 6 rings (SSSR count). The molecule has 3 saturated heterocycles. The van der Waals surface area contributed by atoms with Gasteiger partial charge < -0.3 is 14.0 Å². The zero-order chi connectivity index (χ0) is 24.1. The van der Waals surface area contributed by atoms with Crippen LogP contribution in [0.25, 0.3) is 10.4 Å². The first-order valence-corrected chi connectivity index (χ1v) is 13.7. The number of nitrogens with one attached hydrogen (secondary N) is 1. The summed E-state index contributed by atoms with van der Waals surface area (Å²) in [5.74, 6) is 0.942. The van der Waals surface area contributed by atoms with Crippen LogP contribution in [0.15, 0.2) is 66.0 Å². The number of piperidine rings is 3. The van der Waals surface area contributed by atoms with E-state index in [-0.39, 0.29) is 11.7 Å². The molecule has 3 aliphatic rings. The summed E-state index contributed by atoms with van der Waals surface area (Å²) >= 11 is 7.74. The third-order valence-corrected chi connectivity index (χ3v) is 8.66. The smallest absolute Gasteiger partial charge is 0.412 e. The minimum Gasteiger partial charge on any atom is -0.494 e. The minimum absolute atomic E-state index is 0.327. The van der Waals surface area contributed by atoms with Crippen molar-refractivity contribution in [1.82, 2.24) is 0 Å². The average molecular weight is 512 g/mol. The Balaban J connectivity index is 1.09. The largest absolute Gasteiger partial charge is 0.494 e. The molecule has 3 fully saturated rings. The number of quaternary nitrogens is 1. The van der Waals surface area contributed by atoms with E-state index < -0.39 is 0 Å². The highest BCUT2D eigenvalue weighted by atomic mass is 35.5. The lowest BCUT2D eigenvalue weighted by atomic mass is 9.80. The SMILES string of the molecule is O=C(Nc1ccsc1-c1cccc(Cl)c1)OC12CC[N+](CCCCOc3ccccc3)(CC1)CC2. The molecule has 4 heterocycles. The Bertz CT molecular complexity index is 1130. The molecule has 1 N–H and O–H groups in total. The molecular formula is C28H32ClN2O3S+. The molecule has 184 valence electrons. The van der Waals surface area contributed by atoms with Gasteiger partial charge in [-0.05, 0) is 54.1 Å². The van der Waals surface area contributed by atoms with Crippen LogP contribution in [-0.2, 0) is 4.74 Å². The summed E-state index contributed by atoms with van der Waals surface area (Å²) in [5, 5.41) is 5.64. The van der Waals surface area contributed by atoms with Crippen molar-refractivity contribution in [3.05, 3.63) is 71.1 Å². The Morgan fingerprint density at radius 3 is 2.51 bits per heavy atom. The van der Waals surface area contributed by atoms with E-state index in [9.17, 15) is 4.79 Å². The fourth-order valence-corrected chi connectivity index (χ4v) is 6.41. The highest BCUT2D eigenvalue weighted by Crippen LogP contribution is 2.41. The number of hydrogen-bond acceptors (Lipinski definition) is 4. The molecule has 2 aromatic carbocycles. The second-order valence-electron chi connectivity index (χ2n) is 9.73. The van der Waals surface area contributed by atoms with Gasteiger partial charge in [-0.25, -0.2) is 4.79 Å². The van der Waals surface area contributed by atoms with Gasteiger partial charge in [-0.3, -0.25) is 5.32 Å². The van der Waals surface area contributed by atoms with Gasteiger partial charge in [0.2, 0.25) is 0 Å². The first kappa shape index (κ1) is 24.2. The van der Waals surface area contributed by atoms with Crippen LogP contribution in [0.2, 0.25) is 5.02 Å². The van der Waals surface area contributed by atoms with Crippen LogP contribution in [0.3, 0.4) is 0 Å². The molecule has 0 spiro atoms. The average Bonchev–Trinajstić information content (AvgIpc) is 3.33. The van der Waals surface area contributed by atoms with E-state index in [1.165, 1.54) is 6.54 Å². The third-order valence-electron chi connectivity index (χ3n) is 7.46. The number of anilines is 1. The molecule has 1 amide bonds. The number of amides is 1. The Labute approximate surface area is 216 Å². The van der Waals surface area contributed by atoms with Crippen LogP contribution in [0.5, 0.6) is 5.75 Å². The lowest BCUT2D eigenvalue weighted by Gasteiger charge is -2.54. The molecule has 0 radical (unpaired) electrons. The number of fused-ring (bicyclic) bond motifs is 3. The van der Waals surface area contributed by atoms with Gasteiger partial charge in [-0.15, -0.1) is 11.3 Å². The van der Waals surface area contributed by atoms with Gasteiger partial charge in [0.1, 0.15) is 11.4 Å². The van der Waals surface area contributed by atoms with Crippen LogP contribution >= 0.6 is 22.9 Å². The van der Waals surface area contributed by atoms with Crippen LogP contribution in [0.1, 0.15) is 32.1 Å². The first-order valence-electron chi connectivity index (χ1n) is 12.4. The predicted octanol–water partition coefficient (Wildman–Crippen LogP) is 7.23. The monoisotopic (exact) mass is 511 g/mol. The van der Waals surface area contributed by atoms with Crippen molar-refractivity contribution in [3.63, 3.8) is 0 Å². The molecule has 35 heavy (non-hydrogen) atoms. The van der Waals surface area contributed by atoms with Gasteiger partial charge in [0, 0.05) is 24.3 Å². The quantitative estimate of drug-likeness (QED) is 0.243. The summed E-state index contributed by atoms with van der Waals surface area (Å²) in [6.45, 7) is 5.19. The summed E-state index contributed by atoms with van der Waals surface area (Å²) < 4.78 is 13.1. The Morgan fingerprint density at radius 2 is 1.77 bits per heavy atom. The third kappa shape index (κ3) is 5.83. The highest BCUT2D eigenvalue weighted by Gasteiger charge is 2.51. The fourth-order valence-electron chi connectivity index (χ4n) is 5.37. The van der Waals surface area contributed by atoms with Crippen molar-refractivity contribution in [1.29, 1.82) is 0 Å². The van der Waals surface area contributed by atoms with E-state index in [4.69, 9.17) is 21.1 Å². The zero-order valence-electron chi connectivity index (χ0n) is 19.9. The van der Waals surface area contributed by atoms with E-state index in [2.05, 4.69) is 5.32 Å². The van der Waals surface area contributed by atoms with Gasteiger partial charge in [-0.2, -0.15) is 0 Å². The van der Waals surface area contributed by atoms with E-state index in [0.717, 1.165) is 84.7 Å². The first-order chi connectivity index (χ1) is 17.0. The van der Waals surface area contributed by atoms with Gasteiger partial charge in [0.25, 0.3) is 0 Å². The maximum atomic E-state index is 12.9. The predicted molar refractivity (Wildman–Crippen MR) is 142 cm³/mol. The molecule has 5 nitrogen and oxygen atoms in total. The van der Waals surface area contributed by atoms with Crippen molar-refractivity contribution >= 4 is 34.7 Å². The summed E-state index contributed by atoms with van der Waals surface area (Å²) in [7, 11) is 0. The lowest BCUT2D eigenvalue weighted by molar-refractivity contribution is -0.944. The summed E-state index contributed by atoms with van der Waals surface area (Å²) in [6, 6.07) is 19.6. The van der Waals surface area contributed by atoms with E-state index in [1.807, 2.05) is 66.0 Å². The van der Waals surface area contributed by atoms with Crippen LogP contribution in [0.4, 0.5) is 10.5 Å². The highest BCUT2D eigenvalue weighted by molar-refractivity contribution is 7.14. The molecule has 2 bridgehead atoms. The second kappa shape index (κ2) is 10.6. The maximum Gasteiger partial charge on any atom is 0.412 e. The number of rotatable bonds is 9. The van der Waals surface area contributed by atoms with Gasteiger partial charge in [0.05, 0.1) is 43.4 Å². The van der Waals surface area contributed by atoms with Gasteiger partial charge in [-0.1, -0.05) is 41.9 Å². The Morgan fingerprint density at radius 1 is 1.00 bits per heavy atom. The fraction of sp³-hybridized carbons (Fsp3) is 0.393. The molecule has 1 aromatic heterocycles.